The van der Waals surface area contributed by atoms with Gasteiger partial charge in [0.1, 0.15) is 0 Å². The Balaban J connectivity index is 1.96. The summed E-state index contributed by atoms with van der Waals surface area (Å²) in [5.41, 5.74) is 2.15. The highest BCUT2D eigenvalue weighted by Gasteiger charge is 2.20. The predicted molar refractivity (Wildman–Crippen MR) is 81.4 cm³/mol. The number of hydrogen-bond acceptors (Lipinski definition) is 3. The molecule has 0 saturated carbocycles. The van der Waals surface area contributed by atoms with Crippen molar-refractivity contribution in [3.05, 3.63) is 56.8 Å². The van der Waals surface area contributed by atoms with Crippen LogP contribution in [0.1, 0.15) is 26.9 Å². The van der Waals surface area contributed by atoms with E-state index in [1.165, 1.54) is 33.2 Å². The topological polar surface area (TPSA) is 12.0 Å². The fourth-order valence-corrected chi connectivity index (χ4v) is 4.99. The molecule has 3 rings (SSSR count). The molecule has 0 radical (unpaired) electrons. The molecule has 5 heteroatoms. The van der Waals surface area contributed by atoms with Crippen LogP contribution in [0.2, 0.25) is 0 Å². The molecule has 1 unspecified atom stereocenters. The lowest BCUT2D eigenvalue weighted by Gasteiger charge is -2.15. The summed E-state index contributed by atoms with van der Waals surface area (Å²) in [4.78, 5) is 2.60. The molecule has 1 aromatic heterocycles. The maximum Gasteiger partial charge on any atom is 0.159 e. The summed E-state index contributed by atoms with van der Waals surface area (Å²) in [6.07, 6.45) is 1.11. The van der Waals surface area contributed by atoms with Gasteiger partial charge in [-0.15, -0.1) is 11.3 Å². The van der Waals surface area contributed by atoms with E-state index in [1.807, 2.05) is 18.8 Å². The van der Waals surface area contributed by atoms with E-state index in [2.05, 4.69) is 11.4 Å². The Hall–Kier alpha value is -0.910. The number of nitrogens with one attached hydrogen (secondary N) is 1. The maximum absolute atomic E-state index is 13.4. The van der Waals surface area contributed by atoms with Crippen LogP contribution in [-0.2, 0) is 12.2 Å². The second-order valence-corrected chi connectivity index (χ2v) is 7.07. The van der Waals surface area contributed by atoms with Crippen LogP contribution < -0.4 is 5.32 Å². The van der Waals surface area contributed by atoms with Gasteiger partial charge in [-0.05, 0) is 48.5 Å². The van der Waals surface area contributed by atoms with Gasteiger partial charge in [-0.1, -0.05) is 6.07 Å². The van der Waals surface area contributed by atoms with Crippen molar-refractivity contribution >= 4 is 23.1 Å². The summed E-state index contributed by atoms with van der Waals surface area (Å²) < 4.78 is 26.5. The Labute approximate surface area is 125 Å². The van der Waals surface area contributed by atoms with Gasteiger partial charge in [0.05, 0.1) is 6.04 Å². The minimum absolute atomic E-state index is 0.0781. The second-order valence-electron chi connectivity index (χ2n) is 4.80. The lowest BCUT2D eigenvalue weighted by atomic mass is 10.0. The molecular weight excluding hydrogens is 296 g/mol. The number of hydrogen-bond donors (Lipinski definition) is 1. The van der Waals surface area contributed by atoms with Gasteiger partial charge in [-0.25, -0.2) is 8.78 Å². The summed E-state index contributed by atoms with van der Waals surface area (Å²) in [7, 11) is 1.85. The molecule has 2 heterocycles. The zero-order valence-corrected chi connectivity index (χ0v) is 12.7. The van der Waals surface area contributed by atoms with Gasteiger partial charge in [0, 0.05) is 15.5 Å². The summed E-state index contributed by atoms with van der Waals surface area (Å²) in [6, 6.07) is 6.25. The van der Waals surface area contributed by atoms with Gasteiger partial charge in [-0.2, -0.15) is 11.8 Å². The largest absolute Gasteiger partial charge is 0.309 e. The molecule has 0 fully saturated rings. The van der Waals surface area contributed by atoms with Crippen LogP contribution in [0.25, 0.3) is 0 Å². The highest BCUT2D eigenvalue weighted by atomic mass is 32.2. The molecule has 0 spiro atoms. The first-order chi connectivity index (χ1) is 9.69. The van der Waals surface area contributed by atoms with Crippen molar-refractivity contribution < 1.29 is 8.78 Å². The van der Waals surface area contributed by atoms with Gasteiger partial charge in [0.25, 0.3) is 0 Å². The lowest BCUT2D eigenvalue weighted by molar-refractivity contribution is 0.505. The average molecular weight is 311 g/mol. The summed E-state index contributed by atoms with van der Waals surface area (Å²) in [5.74, 6) is 0.632. The van der Waals surface area contributed by atoms with Crippen LogP contribution in [0.5, 0.6) is 0 Å². The molecule has 1 aliphatic heterocycles. The van der Waals surface area contributed by atoms with E-state index in [1.54, 1.807) is 17.4 Å². The van der Waals surface area contributed by atoms with Crippen LogP contribution in [0, 0.1) is 11.6 Å². The van der Waals surface area contributed by atoms with E-state index in [0.29, 0.717) is 0 Å². The van der Waals surface area contributed by atoms with Gasteiger partial charge >= 0.3 is 0 Å². The number of thiophene rings is 1. The van der Waals surface area contributed by atoms with E-state index in [9.17, 15) is 8.78 Å². The number of halogens is 2. The molecule has 0 bridgehead atoms. The van der Waals surface area contributed by atoms with Crippen LogP contribution in [0.4, 0.5) is 8.78 Å². The molecule has 0 saturated heterocycles. The Bertz CT molecular complexity index is 601. The monoisotopic (exact) mass is 311 g/mol. The number of thioether (sulfide) groups is 1. The Kier molecular flexibility index (Phi) is 4.10. The molecule has 1 aromatic carbocycles. The first-order valence-electron chi connectivity index (χ1n) is 6.50. The Morgan fingerprint density at radius 1 is 1.20 bits per heavy atom. The van der Waals surface area contributed by atoms with Crippen molar-refractivity contribution in [2.75, 3.05) is 12.8 Å². The third kappa shape index (κ3) is 2.62. The zero-order chi connectivity index (χ0) is 14.1. The molecule has 0 amide bonds. The van der Waals surface area contributed by atoms with E-state index in [4.69, 9.17) is 0 Å². The minimum atomic E-state index is -0.800. The quantitative estimate of drug-likeness (QED) is 0.915. The minimum Gasteiger partial charge on any atom is -0.309 e. The van der Waals surface area contributed by atoms with Crippen LogP contribution in [0.15, 0.2) is 24.3 Å². The van der Waals surface area contributed by atoms with E-state index in [-0.39, 0.29) is 6.04 Å². The summed E-state index contributed by atoms with van der Waals surface area (Å²) >= 11 is 3.73. The first-order valence-corrected chi connectivity index (χ1v) is 8.47. The van der Waals surface area contributed by atoms with E-state index in [0.717, 1.165) is 17.7 Å². The SMILES string of the molecule is CNC(c1ccc(F)c(F)c1)c1cc2c(s1)CCSC2. The molecular formula is C15H15F2NS2. The van der Waals surface area contributed by atoms with Crippen LogP contribution in [-0.4, -0.2) is 12.8 Å². The van der Waals surface area contributed by atoms with Crippen molar-refractivity contribution in [1.29, 1.82) is 0 Å². The van der Waals surface area contributed by atoms with Crippen molar-refractivity contribution in [3.8, 4) is 0 Å². The van der Waals surface area contributed by atoms with E-state index >= 15 is 0 Å². The Morgan fingerprint density at radius 3 is 2.75 bits per heavy atom. The standard InChI is InChI=1S/C15H15F2NS2/c1-18-15(9-2-3-11(16)12(17)6-9)14-7-10-8-19-5-4-13(10)20-14/h2-3,6-7,15,18H,4-5,8H2,1H3. The number of benzene rings is 1. The van der Waals surface area contributed by atoms with Gasteiger partial charge in [0.15, 0.2) is 11.6 Å². The molecule has 2 aromatic rings. The van der Waals surface area contributed by atoms with Crippen molar-refractivity contribution in [2.24, 2.45) is 0 Å². The van der Waals surface area contributed by atoms with Gasteiger partial charge < -0.3 is 5.32 Å². The van der Waals surface area contributed by atoms with Crippen molar-refractivity contribution in [3.63, 3.8) is 0 Å². The number of aryl methyl sites for hydroxylation is 1. The molecule has 0 aliphatic carbocycles. The lowest BCUT2D eigenvalue weighted by Crippen LogP contribution is -2.16. The van der Waals surface area contributed by atoms with Crippen LogP contribution >= 0.6 is 23.1 Å². The van der Waals surface area contributed by atoms with Gasteiger partial charge in [0.2, 0.25) is 0 Å². The fraction of sp³-hybridized carbons (Fsp3) is 0.333. The van der Waals surface area contributed by atoms with Crippen molar-refractivity contribution in [1.82, 2.24) is 5.32 Å². The van der Waals surface area contributed by atoms with Gasteiger partial charge in [-0.3, -0.25) is 0 Å². The Morgan fingerprint density at radius 2 is 2.05 bits per heavy atom. The highest BCUT2D eigenvalue weighted by molar-refractivity contribution is 7.98. The van der Waals surface area contributed by atoms with Crippen molar-refractivity contribution in [2.45, 2.75) is 18.2 Å². The third-order valence-corrected chi connectivity index (χ3v) is 5.81. The molecule has 1 atom stereocenters. The van der Waals surface area contributed by atoms with E-state index < -0.39 is 11.6 Å². The molecule has 1 aliphatic rings. The highest BCUT2D eigenvalue weighted by Crippen LogP contribution is 2.36. The third-order valence-electron chi connectivity index (χ3n) is 3.50. The average Bonchev–Trinajstić information content (AvgIpc) is 2.87. The zero-order valence-electron chi connectivity index (χ0n) is 11.1. The smallest absolute Gasteiger partial charge is 0.159 e. The predicted octanol–water partition coefficient (Wildman–Crippen LogP) is 4.12. The number of fused-ring (bicyclic) bond motifs is 1. The normalized spacial score (nSPS) is 15.9. The second kappa shape index (κ2) is 5.84. The molecule has 20 heavy (non-hydrogen) atoms. The number of rotatable bonds is 3. The van der Waals surface area contributed by atoms with Crippen LogP contribution in [0.3, 0.4) is 0 Å². The summed E-state index contributed by atoms with van der Waals surface area (Å²) in [5, 5.41) is 3.20. The molecule has 106 valence electrons. The maximum atomic E-state index is 13.4. The fourth-order valence-electron chi connectivity index (χ4n) is 2.48. The summed E-state index contributed by atoms with van der Waals surface area (Å²) in [6.45, 7) is 0. The molecule has 1 nitrogen and oxygen atoms in total. The molecule has 1 N–H and O–H groups in total. The first kappa shape index (κ1) is 14.0.